The van der Waals surface area contributed by atoms with Gasteiger partial charge in [0.05, 0.1) is 0 Å². The summed E-state index contributed by atoms with van der Waals surface area (Å²) in [6.07, 6.45) is 6.09. The molecule has 0 saturated carbocycles. The van der Waals surface area contributed by atoms with Crippen molar-refractivity contribution in [3.05, 3.63) is 29.6 Å². The van der Waals surface area contributed by atoms with Crippen LogP contribution in [0.4, 0.5) is 0 Å². The van der Waals surface area contributed by atoms with E-state index in [1.807, 2.05) is 0 Å². The molecule has 0 bridgehead atoms. The van der Waals surface area contributed by atoms with Gasteiger partial charge in [0, 0.05) is 17.3 Å². The summed E-state index contributed by atoms with van der Waals surface area (Å²) in [5.41, 5.74) is 2.53. The molecular formula is C14H23N. The second-order valence-electron chi connectivity index (χ2n) is 4.18. The van der Waals surface area contributed by atoms with E-state index in [9.17, 15) is 0 Å². The molecular weight excluding hydrogens is 182 g/mol. The maximum atomic E-state index is 4.73. The maximum absolute atomic E-state index is 4.73. The summed E-state index contributed by atoms with van der Waals surface area (Å²) in [5, 5.41) is 0. The molecule has 0 amide bonds. The highest BCUT2D eigenvalue weighted by Gasteiger charge is 2.10. The zero-order valence-electron chi connectivity index (χ0n) is 10.3. The molecule has 0 unspecified atom stereocenters. The molecule has 0 aromatic carbocycles. The van der Waals surface area contributed by atoms with Gasteiger partial charge in [-0.2, -0.15) is 0 Å². The lowest BCUT2D eigenvalue weighted by Crippen LogP contribution is -2.02. The van der Waals surface area contributed by atoms with Gasteiger partial charge in [-0.15, -0.1) is 0 Å². The first-order valence-electron chi connectivity index (χ1n) is 6.27. The van der Waals surface area contributed by atoms with Crippen LogP contribution in [-0.4, -0.2) is 4.98 Å². The number of aryl methyl sites for hydroxylation is 1. The van der Waals surface area contributed by atoms with Gasteiger partial charge in [-0.25, -0.2) is 0 Å². The average Bonchev–Trinajstić information content (AvgIpc) is 2.29. The van der Waals surface area contributed by atoms with E-state index in [2.05, 4.69) is 39.0 Å². The van der Waals surface area contributed by atoms with Crippen molar-refractivity contribution in [3.63, 3.8) is 0 Å². The molecule has 0 aliphatic rings. The van der Waals surface area contributed by atoms with Crippen LogP contribution in [0.2, 0.25) is 0 Å². The van der Waals surface area contributed by atoms with Gasteiger partial charge >= 0.3 is 0 Å². The topological polar surface area (TPSA) is 12.9 Å². The molecule has 15 heavy (non-hydrogen) atoms. The predicted molar refractivity (Wildman–Crippen MR) is 66.2 cm³/mol. The molecule has 0 spiro atoms. The minimum absolute atomic E-state index is 0.673. The summed E-state index contributed by atoms with van der Waals surface area (Å²) in [4.78, 5) is 4.73. The summed E-state index contributed by atoms with van der Waals surface area (Å²) in [7, 11) is 0. The number of aromatic nitrogens is 1. The summed E-state index contributed by atoms with van der Waals surface area (Å²) in [5.74, 6) is 0.673. The molecule has 1 rings (SSSR count). The quantitative estimate of drug-likeness (QED) is 0.673. The van der Waals surface area contributed by atoms with Crippen LogP contribution >= 0.6 is 0 Å². The first kappa shape index (κ1) is 12.2. The summed E-state index contributed by atoms with van der Waals surface area (Å²) in [6, 6.07) is 6.47. The molecule has 0 atom stereocenters. The first-order valence-corrected chi connectivity index (χ1v) is 6.27. The van der Waals surface area contributed by atoms with Gasteiger partial charge in [0.1, 0.15) is 0 Å². The number of hydrogen-bond donors (Lipinski definition) is 0. The molecule has 1 nitrogen and oxygen atoms in total. The Morgan fingerprint density at radius 2 is 1.73 bits per heavy atom. The largest absolute Gasteiger partial charge is 0.258 e. The van der Waals surface area contributed by atoms with Crippen LogP contribution in [-0.2, 0) is 6.42 Å². The fourth-order valence-electron chi connectivity index (χ4n) is 2.06. The summed E-state index contributed by atoms with van der Waals surface area (Å²) < 4.78 is 0. The van der Waals surface area contributed by atoms with Crippen molar-refractivity contribution in [2.45, 2.75) is 58.8 Å². The van der Waals surface area contributed by atoms with Crippen molar-refractivity contribution in [3.8, 4) is 0 Å². The van der Waals surface area contributed by atoms with E-state index < -0.39 is 0 Å². The van der Waals surface area contributed by atoms with E-state index >= 15 is 0 Å². The molecule has 1 aromatic rings. The minimum Gasteiger partial charge on any atom is -0.258 e. The van der Waals surface area contributed by atoms with Gasteiger partial charge in [-0.3, -0.25) is 4.98 Å². The normalized spacial score (nSPS) is 10.9. The fourth-order valence-corrected chi connectivity index (χ4v) is 2.06. The van der Waals surface area contributed by atoms with E-state index in [1.165, 1.54) is 37.1 Å². The Kier molecular flexibility index (Phi) is 5.38. The van der Waals surface area contributed by atoms with Crippen molar-refractivity contribution < 1.29 is 0 Å². The Bertz CT molecular complexity index is 274. The van der Waals surface area contributed by atoms with Crippen molar-refractivity contribution >= 4 is 0 Å². The molecule has 0 aliphatic carbocycles. The van der Waals surface area contributed by atoms with Gasteiger partial charge in [-0.1, -0.05) is 39.7 Å². The number of nitrogens with zero attached hydrogens (tertiary/aromatic N) is 1. The maximum Gasteiger partial charge on any atom is 0.0437 e. The second kappa shape index (κ2) is 6.60. The zero-order chi connectivity index (χ0) is 11.1. The van der Waals surface area contributed by atoms with Crippen molar-refractivity contribution in [2.75, 3.05) is 0 Å². The van der Waals surface area contributed by atoms with E-state index in [4.69, 9.17) is 4.98 Å². The molecule has 0 saturated heterocycles. The smallest absolute Gasteiger partial charge is 0.0437 e. The molecule has 0 fully saturated rings. The Morgan fingerprint density at radius 3 is 2.27 bits per heavy atom. The number of pyridine rings is 1. The third kappa shape index (κ3) is 3.65. The highest BCUT2D eigenvalue weighted by atomic mass is 14.7. The van der Waals surface area contributed by atoms with Crippen LogP contribution in [0.3, 0.4) is 0 Å². The van der Waals surface area contributed by atoms with Gasteiger partial charge < -0.3 is 0 Å². The van der Waals surface area contributed by atoms with Gasteiger partial charge in [-0.05, 0) is 31.4 Å². The van der Waals surface area contributed by atoms with E-state index in [0.717, 1.165) is 6.42 Å². The van der Waals surface area contributed by atoms with Crippen molar-refractivity contribution in [1.82, 2.24) is 4.98 Å². The van der Waals surface area contributed by atoms with Crippen LogP contribution < -0.4 is 0 Å². The summed E-state index contributed by atoms with van der Waals surface area (Å²) >= 11 is 0. The Morgan fingerprint density at radius 1 is 1.07 bits per heavy atom. The molecule has 0 N–H and O–H groups in total. The number of rotatable bonds is 6. The molecule has 0 aliphatic heterocycles. The lowest BCUT2D eigenvalue weighted by molar-refractivity contribution is 0.546. The molecule has 84 valence electrons. The lowest BCUT2D eigenvalue weighted by atomic mass is 9.94. The lowest BCUT2D eigenvalue weighted by Gasteiger charge is -2.15. The molecule has 0 radical (unpaired) electrons. The summed E-state index contributed by atoms with van der Waals surface area (Å²) in [6.45, 7) is 6.68. The van der Waals surface area contributed by atoms with Crippen LogP contribution in [0.15, 0.2) is 18.2 Å². The first-order chi connectivity index (χ1) is 7.31. The highest BCUT2D eigenvalue weighted by Crippen LogP contribution is 2.24. The fraction of sp³-hybridized carbons (Fsp3) is 0.643. The van der Waals surface area contributed by atoms with Crippen LogP contribution in [0, 0.1) is 0 Å². The Hall–Kier alpha value is -0.850. The van der Waals surface area contributed by atoms with E-state index in [1.54, 1.807) is 0 Å². The van der Waals surface area contributed by atoms with Crippen molar-refractivity contribution in [2.24, 2.45) is 0 Å². The van der Waals surface area contributed by atoms with E-state index in [0.29, 0.717) is 5.92 Å². The SMILES string of the molecule is CCCC(CCC)c1cccc(CC)n1. The van der Waals surface area contributed by atoms with Crippen molar-refractivity contribution in [1.29, 1.82) is 0 Å². The standard InChI is InChI=1S/C14H23N/c1-4-8-12(9-5-2)14-11-7-10-13(6-3)15-14/h7,10-12H,4-6,8-9H2,1-3H3. The van der Waals surface area contributed by atoms with Crippen LogP contribution in [0.25, 0.3) is 0 Å². The van der Waals surface area contributed by atoms with Gasteiger partial charge in [0.25, 0.3) is 0 Å². The predicted octanol–water partition coefficient (Wildman–Crippen LogP) is 4.33. The van der Waals surface area contributed by atoms with Crippen LogP contribution in [0.1, 0.15) is 63.8 Å². The molecule has 1 heteroatoms. The van der Waals surface area contributed by atoms with Gasteiger partial charge in [0.15, 0.2) is 0 Å². The zero-order valence-corrected chi connectivity index (χ0v) is 10.3. The molecule has 1 aromatic heterocycles. The van der Waals surface area contributed by atoms with Gasteiger partial charge in [0.2, 0.25) is 0 Å². The third-order valence-electron chi connectivity index (χ3n) is 2.88. The highest BCUT2D eigenvalue weighted by molar-refractivity contribution is 5.14. The van der Waals surface area contributed by atoms with Crippen LogP contribution in [0.5, 0.6) is 0 Å². The minimum atomic E-state index is 0.673. The van der Waals surface area contributed by atoms with E-state index in [-0.39, 0.29) is 0 Å². The monoisotopic (exact) mass is 205 g/mol. The molecule has 1 heterocycles. The average molecular weight is 205 g/mol. The second-order valence-corrected chi connectivity index (χ2v) is 4.18. The third-order valence-corrected chi connectivity index (χ3v) is 2.88. The number of hydrogen-bond acceptors (Lipinski definition) is 1. The Labute approximate surface area is 93.9 Å². The Balaban J connectivity index is 2.79.